The molecule has 0 saturated carbocycles. The normalized spacial score (nSPS) is 12.8. The predicted octanol–water partition coefficient (Wildman–Crippen LogP) is 2.15. The number of anilines is 2. The summed E-state index contributed by atoms with van der Waals surface area (Å²) >= 11 is 3.26. The van der Waals surface area contributed by atoms with Gasteiger partial charge in [-0.15, -0.1) is 0 Å². The van der Waals surface area contributed by atoms with E-state index in [-0.39, 0.29) is 18.8 Å². The molecule has 2 aromatic carbocycles. The quantitative estimate of drug-likeness (QED) is 0.502. The number of hydrogen-bond donors (Lipinski definition) is 3. The molecule has 1 unspecified atom stereocenters. The number of nitrogens with two attached hydrogens (primary N) is 1. The molecule has 0 aromatic heterocycles. The van der Waals surface area contributed by atoms with Crippen molar-refractivity contribution >= 4 is 43.0 Å². The first kappa shape index (κ1) is 18.8. The van der Waals surface area contributed by atoms with Crippen LogP contribution in [0.2, 0.25) is 0 Å². The zero-order chi connectivity index (χ0) is 17.7. The van der Waals surface area contributed by atoms with Gasteiger partial charge in [0, 0.05) is 22.5 Å². The second kappa shape index (κ2) is 8.05. The van der Waals surface area contributed by atoms with Gasteiger partial charge in [-0.2, -0.15) is 0 Å². The Hall–Kier alpha value is -1.50. The third-order valence-electron chi connectivity index (χ3n) is 3.42. The third kappa shape index (κ3) is 5.00. The van der Waals surface area contributed by atoms with Crippen molar-refractivity contribution in [3.05, 3.63) is 58.3 Å². The molecule has 0 bridgehead atoms. The van der Waals surface area contributed by atoms with Crippen molar-refractivity contribution in [3.63, 3.8) is 0 Å². The molecular formula is C16H16B2BrFN2O2. The molecule has 0 fully saturated rings. The van der Waals surface area contributed by atoms with Gasteiger partial charge in [-0.1, -0.05) is 30.3 Å². The van der Waals surface area contributed by atoms with E-state index in [4.69, 9.17) is 26.2 Å². The van der Waals surface area contributed by atoms with Crippen LogP contribution in [-0.2, 0) is 11.3 Å². The Morgan fingerprint density at radius 1 is 1.29 bits per heavy atom. The second-order valence-electron chi connectivity index (χ2n) is 5.38. The van der Waals surface area contributed by atoms with E-state index in [1.165, 1.54) is 12.1 Å². The lowest BCUT2D eigenvalue weighted by atomic mass is 9.61. The summed E-state index contributed by atoms with van der Waals surface area (Å²) in [5.41, 5.74) is 6.78. The summed E-state index contributed by atoms with van der Waals surface area (Å²) in [6, 6.07) is 11.9. The van der Waals surface area contributed by atoms with Crippen molar-refractivity contribution in [2.45, 2.75) is 18.1 Å². The summed E-state index contributed by atoms with van der Waals surface area (Å²) in [7, 11) is 11.6. The zero-order valence-corrected chi connectivity index (χ0v) is 14.5. The number of benzene rings is 2. The molecule has 122 valence electrons. The van der Waals surface area contributed by atoms with E-state index in [0.29, 0.717) is 10.2 Å². The molecule has 4 nitrogen and oxygen atoms in total. The number of ether oxygens (including phenoxy) is 1. The molecule has 0 heterocycles. The molecule has 0 saturated heterocycles. The molecule has 0 aliphatic carbocycles. The highest BCUT2D eigenvalue weighted by atomic mass is 79.9. The van der Waals surface area contributed by atoms with E-state index < -0.39 is 17.3 Å². The van der Waals surface area contributed by atoms with Gasteiger partial charge in [0.2, 0.25) is 0 Å². The van der Waals surface area contributed by atoms with Crippen LogP contribution >= 0.6 is 15.9 Å². The summed E-state index contributed by atoms with van der Waals surface area (Å²) in [6.07, 6.45) is -1.23. The molecule has 0 spiro atoms. The van der Waals surface area contributed by atoms with Crippen molar-refractivity contribution in [2.24, 2.45) is 0 Å². The van der Waals surface area contributed by atoms with Crippen LogP contribution in [-0.4, -0.2) is 38.8 Å². The monoisotopic (exact) mass is 388 g/mol. The van der Waals surface area contributed by atoms with E-state index >= 15 is 0 Å². The molecule has 0 aliphatic heterocycles. The highest BCUT2D eigenvalue weighted by Gasteiger charge is 2.27. The summed E-state index contributed by atoms with van der Waals surface area (Å²) in [4.78, 5) is 0. The van der Waals surface area contributed by atoms with Gasteiger partial charge in [0.1, 0.15) is 21.5 Å². The highest BCUT2D eigenvalue weighted by Crippen LogP contribution is 2.27. The van der Waals surface area contributed by atoms with Gasteiger partial charge in [0.25, 0.3) is 0 Å². The first-order chi connectivity index (χ1) is 11.3. The standard InChI is InChI=1S/C16H16B2BrFN2O2/c17-16(18,24-9-10-4-2-1-3-5-10)15(23)8-22-14-7-12(20)13(21)6-11(14)19/h1-7,15,22-23H,8-9,21H2. The molecule has 4 radical (unpaired) electrons. The fraction of sp³-hybridized carbons (Fsp3) is 0.250. The highest BCUT2D eigenvalue weighted by molar-refractivity contribution is 9.10. The van der Waals surface area contributed by atoms with E-state index in [2.05, 4.69) is 21.2 Å². The molecule has 1 atom stereocenters. The maximum Gasteiger partial charge on any atom is 0.148 e. The molecule has 2 aromatic rings. The summed E-state index contributed by atoms with van der Waals surface area (Å²) in [6.45, 7) is 0.120. The topological polar surface area (TPSA) is 67.5 Å². The van der Waals surface area contributed by atoms with Crippen molar-refractivity contribution in [1.29, 1.82) is 0 Å². The fourth-order valence-electron chi connectivity index (χ4n) is 1.94. The number of nitrogens with one attached hydrogen (secondary N) is 1. The lowest BCUT2D eigenvalue weighted by molar-refractivity contribution is -0.0207. The SMILES string of the molecule is [B]C([B])(OCc1ccccc1)C(O)CNc1cc(F)c(N)cc1Br. The van der Waals surface area contributed by atoms with Crippen LogP contribution < -0.4 is 11.1 Å². The van der Waals surface area contributed by atoms with Crippen molar-refractivity contribution in [1.82, 2.24) is 0 Å². The Morgan fingerprint density at radius 2 is 1.96 bits per heavy atom. The number of aliphatic hydroxyl groups excluding tert-OH is 1. The van der Waals surface area contributed by atoms with Gasteiger partial charge in [-0.05, 0) is 27.6 Å². The molecule has 24 heavy (non-hydrogen) atoms. The number of hydrogen-bond acceptors (Lipinski definition) is 4. The van der Waals surface area contributed by atoms with E-state index in [0.717, 1.165) is 5.56 Å². The Morgan fingerprint density at radius 3 is 2.62 bits per heavy atom. The van der Waals surface area contributed by atoms with Gasteiger partial charge in [-0.25, -0.2) is 4.39 Å². The largest absolute Gasteiger partial charge is 0.396 e. The summed E-state index contributed by atoms with van der Waals surface area (Å²) in [5, 5.41) is 11.3. The lowest BCUT2D eigenvalue weighted by Gasteiger charge is -2.32. The summed E-state index contributed by atoms with van der Waals surface area (Å²) in [5.74, 6) is -0.567. The smallest absolute Gasteiger partial charge is 0.148 e. The fourth-order valence-corrected chi connectivity index (χ4v) is 2.44. The Labute approximate surface area is 151 Å². The number of nitrogen functional groups attached to an aromatic ring is 1. The van der Waals surface area contributed by atoms with Crippen LogP contribution in [0.15, 0.2) is 46.9 Å². The average molecular weight is 389 g/mol. The van der Waals surface area contributed by atoms with E-state index in [9.17, 15) is 9.50 Å². The van der Waals surface area contributed by atoms with Crippen LogP contribution in [0.25, 0.3) is 0 Å². The Kier molecular flexibility index (Phi) is 6.32. The Bertz CT molecular complexity index is 689. The molecule has 0 amide bonds. The van der Waals surface area contributed by atoms with Crippen molar-refractivity contribution < 1.29 is 14.2 Å². The Balaban J connectivity index is 1.93. The van der Waals surface area contributed by atoms with Gasteiger partial charge in [0.05, 0.1) is 24.1 Å². The average Bonchev–Trinajstić information content (AvgIpc) is 2.56. The number of rotatable bonds is 7. The number of halogens is 2. The minimum Gasteiger partial charge on any atom is -0.396 e. The maximum atomic E-state index is 13.5. The van der Waals surface area contributed by atoms with Gasteiger partial charge >= 0.3 is 0 Å². The molecular weight excluding hydrogens is 373 g/mol. The maximum absolute atomic E-state index is 13.5. The zero-order valence-electron chi connectivity index (χ0n) is 12.9. The first-order valence-electron chi connectivity index (χ1n) is 7.21. The molecule has 0 aliphatic rings. The van der Waals surface area contributed by atoms with E-state index in [1.54, 1.807) is 0 Å². The lowest BCUT2D eigenvalue weighted by Crippen LogP contribution is -2.49. The van der Waals surface area contributed by atoms with Crippen LogP contribution in [0.4, 0.5) is 15.8 Å². The number of aliphatic hydroxyl groups is 1. The van der Waals surface area contributed by atoms with Crippen molar-refractivity contribution in [2.75, 3.05) is 17.6 Å². The van der Waals surface area contributed by atoms with E-state index in [1.807, 2.05) is 30.3 Å². The first-order valence-corrected chi connectivity index (χ1v) is 8.01. The van der Waals surface area contributed by atoms with Crippen LogP contribution in [0, 0.1) is 5.82 Å². The van der Waals surface area contributed by atoms with Crippen LogP contribution in [0.1, 0.15) is 5.56 Å². The molecule has 8 heteroatoms. The van der Waals surface area contributed by atoms with Gasteiger partial charge in [0.15, 0.2) is 0 Å². The van der Waals surface area contributed by atoms with Gasteiger partial charge in [-0.3, -0.25) is 0 Å². The minimum atomic E-state index is -1.76. The van der Waals surface area contributed by atoms with Crippen LogP contribution in [0.5, 0.6) is 0 Å². The third-order valence-corrected chi connectivity index (χ3v) is 4.08. The molecule has 4 N–H and O–H groups in total. The van der Waals surface area contributed by atoms with Crippen molar-refractivity contribution in [3.8, 4) is 0 Å². The predicted molar refractivity (Wildman–Crippen MR) is 98.5 cm³/mol. The minimum absolute atomic E-state index is 0.0196. The summed E-state index contributed by atoms with van der Waals surface area (Å²) < 4.78 is 19.5. The van der Waals surface area contributed by atoms with Crippen LogP contribution in [0.3, 0.4) is 0 Å². The molecule has 2 rings (SSSR count). The van der Waals surface area contributed by atoms with Gasteiger partial charge < -0.3 is 20.9 Å². The second-order valence-corrected chi connectivity index (χ2v) is 6.23.